The number of nitrogens with one attached hydrogen (secondary N) is 1. The maximum absolute atomic E-state index is 12.0. The van der Waals surface area contributed by atoms with Crippen LogP contribution in [0.3, 0.4) is 0 Å². The van der Waals surface area contributed by atoms with Crippen molar-refractivity contribution in [2.75, 3.05) is 18.2 Å². The van der Waals surface area contributed by atoms with Gasteiger partial charge in [0.05, 0.1) is 30.2 Å². The summed E-state index contributed by atoms with van der Waals surface area (Å²) in [6.45, 7) is 0. The molecule has 27 heavy (non-hydrogen) atoms. The summed E-state index contributed by atoms with van der Waals surface area (Å²) in [6, 6.07) is 16.7. The first-order valence-electron chi connectivity index (χ1n) is 8.14. The highest BCUT2D eigenvalue weighted by Gasteiger charge is 2.07. The fourth-order valence-corrected chi connectivity index (χ4v) is 3.96. The Balaban J connectivity index is 1.48. The minimum absolute atomic E-state index is 0.0738. The van der Waals surface area contributed by atoms with Crippen LogP contribution >= 0.6 is 23.1 Å². The Morgan fingerprint density at radius 1 is 1.22 bits per heavy atom. The molecule has 1 amide bonds. The van der Waals surface area contributed by atoms with Crippen LogP contribution in [0.2, 0.25) is 0 Å². The number of rotatable bonds is 7. The highest BCUT2D eigenvalue weighted by atomic mass is 32.2. The van der Waals surface area contributed by atoms with Gasteiger partial charge >= 0.3 is 0 Å². The zero-order valence-electron chi connectivity index (χ0n) is 14.6. The zero-order valence-corrected chi connectivity index (χ0v) is 16.3. The number of carbonyl (C=O) groups excluding carboxylic acids is 1. The van der Waals surface area contributed by atoms with E-state index in [1.165, 1.54) is 11.8 Å². The standard InChI is InChI=1S/C20H17N3O2S2/c1-25-18-8-4-15(5-9-18)20-23-17(12-27-20)11-26-13-19(24)22-16-6-2-14(10-21)3-7-16/h2-9,12H,11,13H2,1H3,(H,22,24). The van der Waals surface area contributed by atoms with Gasteiger partial charge < -0.3 is 10.1 Å². The molecule has 0 unspecified atom stereocenters. The normalized spacial score (nSPS) is 10.2. The summed E-state index contributed by atoms with van der Waals surface area (Å²) in [5.41, 5.74) is 3.27. The first-order valence-corrected chi connectivity index (χ1v) is 10.2. The molecule has 1 heterocycles. The number of anilines is 1. The molecule has 1 N–H and O–H groups in total. The van der Waals surface area contributed by atoms with E-state index in [2.05, 4.69) is 16.4 Å². The predicted octanol–water partition coefficient (Wildman–Crippen LogP) is 4.56. The molecule has 1 aromatic heterocycles. The van der Waals surface area contributed by atoms with Gasteiger partial charge in [-0.2, -0.15) is 5.26 Å². The second kappa shape index (κ2) is 9.21. The second-order valence-electron chi connectivity index (χ2n) is 5.60. The number of aromatic nitrogens is 1. The van der Waals surface area contributed by atoms with Gasteiger partial charge in [-0.15, -0.1) is 23.1 Å². The molecule has 0 saturated heterocycles. The lowest BCUT2D eigenvalue weighted by atomic mass is 10.2. The van der Waals surface area contributed by atoms with Crippen LogP contribution in [-0.2, 0) is 10.5 Å². The summed E-state index contributed by atoms with van der Waals surface area (Å²) in [6.07, 6.45) is 0. The molecule has 0 aliphatic carbocycles. The summed E-state index contributed by atoms with van der Waals surface area (Å²) < 4.78 is 5.17. The number of carbonyl (C=O) groups is 1. The van der Waals surface area contributed by atoms with Crippen LogP contribution in [0.5, 0.6) is 5.75 Å². The number of benzene rings is 2. The van der Waals surface area contributed by atoms with E-state index in [-0.39, 0.29) is 5.91 Å². The third-order valence-electron chi connectivity index (χ3n) is 3.67. The Labute approximate surface area is 166 Å². The van der Waals surface area contributed by atoms with E-state index in [0.717, 1.165) is 22.0 Å². The molecule has 136 valence electrons. The van der Waals surface area contributed by atoms with Gasteiger partial charge in [0, 0.05) is 22.4 Å². The first kappa shape index (κ1) is 19.0. The lowest BCUT2D eigenvalue weighted by Crippen LogP contribution is -2.14. The predicted molar refractivity (Wildman–Crippen MR) is 110 cm³/mol. The number of ether oxygens (including phenoxy) is 1. The van der Waals surface area contributed by atoms with E-state index < -0.39 is 0 Å². The summed E-state index contributed by atoms with van der Waals surface area (Å²) in [7, 11) is 1.64. The van der Waals surface area contributed by atoms with E-state index in [1.54, 1.807) is 42.7 Å². The molecule has 3 rings (SSSR count). The number of hydrogen-bond acceptors (Lipinski definition) is 6. The Morgan fingerprint density at radius 3 is 2.63 bits per heavy atom. The van der Waals surface area contributed by atoms with Crippen molar-refractivity contribution in [3.05, 3.63) is 65.2 Å². The van der Waals surface area contributed by atoms with Crippen LogP contribution in [0.4, 0.5) is 5.69 Å². The van der Waals surface area contributed by atoms with Crippen molar-refractivity contribution >= 4 is 34.7 Å². The van der Waals surface area contributed by atoms with Crippen LogP contribution < -0.4 is 10.1 Å². The highest BCUT2D eigenvalue weighted by molar-refractivity contribution is 7.99. The van der Waals surface area contributed by atoms with Crippen molar-refractivity contribution in [2.24, 2.45) is 0 Å². The second-order valence-corrected chi connectivity index (χ2v) is 7.45. The Morgan fingerprint density at radius 2 is 1.96 bits per heavy atom. The molecule has 0 aliphatic rings. The molecule has 0 radical (unpaired) electrons. The van der Waals surface area contributed by atoms with Crippen molar-refractivity contribution in [1.29, 1.82) is 5.26 Å². The van der Waals surface area contributed by atoms with Gasteiger partial charge in [-0.3, -0.25) is 4.79 Å². The minimum atomic E-state index is -0.0738. The highest BCUT2D eigenvalue weighted by Crippen LogP contribution is 2.27. The van der Waals surface area contributed by atoms with Gasteiger partial charge in [-0.25, -0.2) is 4.98 Å². The van der Waals surface area contributed by atoms with E-state index >= 15 is 0 Å². The van der Waals surface area contributed by atoms with Crippen molar-refractivity contribution in [3.63, 3.8) is 0 Å². The van der Waals surface area contributed by atoms with Gasteiger partial charge in [-0.1, -0.05) is 0 Å². The van der Waals surface area contributed by atoms with Gasteiger partial charge in [-0.05, 0) is 48.5 Å². The minimum Gasteiger partial charge on any atom is -0.497 e. The van der Waals surface area contributed by atoms with Crippen LogP contribution in [0.15, 0.2) is 53.9 Å². The fraction of sp³-hybridized carbons (Fsp3) is 0.150. The van der Waals surface area contributed by atoms with Gasteiger partial charge in [0.25, 0.3) is 0 Å². The van der Waals surface area contributed by atoms with Crippen LogP contribution in [0, 0.1) is 11.3 Å². The largest absolute Gasteiger partial charge is 0.497 e. The fourth-order valence-electron chi connectivity index (χ4n) is 2.31. The van der Waals surface area contributed by atoms with E-state index in [4.69, 9.17) is 10.00 Å². The number of thioether (sulfide) groups is 1. The lowest BCUT2D eigenvalue weighted by molar-refractivity contribution is -0.113. The van der Waals surface area contributed by atoms with Crippen molar-refractivity contribution in [3.8, 4) is 22.4 Å². The SMILES string of the molecule is COc1ccc(-c2nc(CSCC(=O)Nc3ccc(C#N)cc3)cs2)cc1. The van der Waals surface area contributed by atoms with E-state index in [1.807, 2.05) is 29.6 Å². The Hall–Kier alpha value is -2.82. The number of nitriles is 1. The van der Waals surface area contributed by atoms with Crippen LogP contribution in [-0.4, -0.2) is 23.8 Å². The third-order valence-corrected chi connectivity index (χ3v) is 5.58. The van der Waals surface area contributed by atoms with Crippen molar-refractivity contribution < 1.29 is 9.53 Å². The van der Waals surface area contributed by atoms with Gasteiger partial charge in [0.2, 0.25) is 5.91 Å². The molecule has 3 aromatic rings. The average molecular weight is 396 g/mol. The van der Waals surface area contributed by atoms with Crippen molar-refractivity contribution in [1.82, 2.24) is 4.98 Å². The smallest absolute Gasteiger partial charge is 0.234 e. The third kappa shape index (κ3) is 5.33. The van der Waals surface area contributed by atoms with Crippen LogP contribution in [0.25, 0.3) is 10.6 Å². The molecule has 0 spiro atoms. The molecule has 0 saturated carbocycles. The monoisotopic (exact) mass is 395 g/mol. The maximum Gasteiger partial charge on any atom is 0.234 e. The number of methoxy groups -OCH3 is 1. The summed E-state index contributed by atoms with van der Waals surface area (Å²) in [4.78, 5) is 16.6. The van der Waals surface area contributed by atoms with Gasteiger partial charge in [0.1, 0.15) is 10.8 Å². The Kier molecular flexibility index (Phi) is 6.47. The maximum atomic E-state index is 12.0. The molecule has 0 atom stereocenters. The van der Waals surface area contributed by atoms with Crippen molar-refractivity contribution in [2.45, 2.75) is 5.75 Å². The molecule has 0 fully saturated rings. The summed E-state index contributed by atoms with van der Waals surface area (Å²) >= 11 is 3.10. The molecule has 2 aromatic carbocycles. The zero-order chi connectivity index (χ0) is 19.1. The number of thiazole rings is 1. The molecule has 0 aliphatic heterocycles. The topological polar surface area (TPSA) is 75.0 Å². The molecular formula is C20H17N3O2S2. The van der Waals surface area contributed by atoms with E-state index in [9.17, 15) is 4.79 Å². The number of nitrogens with zero attached hydrogens (tertiary/aromatic N) is 2. The van der Waals surface area contributed by atoms with E-state index in [0.29, 0.717) is 22.8 Å². The molecule has 7 heteroatoms. The number of hydrogen-bond donors (Lipinski definition) is 1. The number of amides is 1. The molecular weight excluding hydrogens is 378 g/mol. The van der Waals surface area contributed by atoms with Gasteiger partial charge in [0.15, 0.2) is 0 Å². The average Bonchev–Trinajstić information content (AvgIpc) is 3.17. The first-order chi connectivity index (χ1) is 13.2. The Bertz CT molecular complexity index is 945. The lowest BCUT2D eigenvalue weighted by Gasteiger charge is -2.04. The molecule has 0 bridgehead atoms. The quantitative estimate of drug-likeness (QED) is 0.635. The summed E-state index contributed by atoms with van der Waals surface area (Å²) in [5, 5.41) is 14.6. The molecule has 5 nitrogen and oxygen atoms in total. The van der Waals surface area contributed by atoms with Crippen LogP contribution in [0.1, 0.15) is 11.3 Å². The summed E-state index contributed by atoms with van der Waals surface area (Å²) in [5.74, 6) is 1.76.